The minimum Gasteiger partial charge on any atom is -0.496 e. The number of para-hydroxylation sites is 1. The largest absolute Gasteiger partial charge is 0.496 e. The zero-order valence-corrected chi connectivity index (χ0v) is 12.3. The molecule has 0 saturated heterocycles. The molecule has 5 heteroatoms. The summed E-state index contributed by atoms with van der Waals surface area (Å²) in [6, 6.07) is 9.28. The van der Waals surface area contributed by atoms with E-state index in [0.29, 0.717) is 16.8 Å². The molecule has 0 unspecified atom stereocenters. The van der Waals surface area contributed by atoms with Crippen molar-refractivity contribution in [2.45, 2.75) is 6.54 Å². The maximum absolute atomic E-state index is 12.2. The molecule has 0 atom stereocenters. The number of rotatable bonds is 4. The van der Waals surface area contributed by atoms with Gasteiger partial charge >= 0.3 is 0 Å². The summed E-state index contributed by atoms with van der Waals surface area (Å²) in [6.45, 7) is 0.473. The van der Waals surface area contributed by atoms with Gasteiger partial charge in [0.05, 0.1) is 18.9 Å². The van der Waals surface area contributed by atoms with Crippen LogP contribution >= 0.6 is 15.9 Å². The quantitative estimate of drug-likeness (QED) is 0.866. The van der Waals surface area contributed by atoms with Gasteiger partial charge in [0.15, 0.2) is 4.67 Å². The Labute approximate surface area is 120 Å². The summed E-state index contributed by atoms with van der Waals surface area (Å²) in [5.74, 6) is 0.667. The van der Waals surface area contributed by atoms with Crippen LogP contribution in [0.15, 0.2) is 45.7 Å². The molecule has 0 bridgehead atoms. The van der Waals surface area contributed by atoms with Crippen molar-refractivity contribution in [3.8, 4) is 5.75 Å². The maximum atomic E-state index is 12.2. The van der Waals surface area contributed by atoms with E-state index in [-0.39, 0.29) is 5.91 Å². The van der Waals surface area contributed by atoms with Gasteiger partial charge in [-0.05, 0) is 28.1 Å². The summed E-state index contributed by atoms with van der Waals surface area (Å²) in [7, 11) is 3.36. The molecule has 0 radical (unpaired) electrons. The minimum absolute atomic E-state index is 0.105. The first kappa shape index (κ1) is 13.7. The third-order valence-electron chi connectivity index (χ3n) is 2.80. The van der Waals surface area contributed by atoms with Gasteiger partial charge in [0.25, 0.3) is 5.91 Å². The Morgan fingerprint density at radius 2 is 2.11 bits per heavy atom. The Morgan fingerprint density at radius 1 is 1.37 bits per heavy atom. The van der Waals surface area contributed by atoms with Gasteiger partial charge in [0, 0.05) is 19.2 Å². The van der Waals surface area contributed by atoms with E-state index < -0.39 is 0 Å². The molecule has 0 aliphatic heterocycles. The second-order valence-corrected chi connectivity index (χ2v) is 4.80. The number of furan rings is 1. The van der Waals surface area contributed by atoms with Crippen LogP contribution in [-0.4, -0.2) is 25.0 Å². The molecular formula is C14H14BrNO3. The van der Waals surface area contributed by atoms with Crippen LogP contribution in [0.4, 0.5) is 0 Å². The highest BCUT2D eigenvalue weighted by molar-refractivity contribution is 9.10. The van der Waals surface area contributed by atoms with Crippen LogP contribution in [0.25, 0.3) is 0 Å². The van der Waals surface area contributed by atoms with Crippen molar-refractivity contribution < 1.29 is 13.9 Å². The Kier molecular flexibility index (Phi) is 4.27. The van der Waals surface area contributed by atoms with E-state index >= 15 is 0 Å². The van der Waals surface area contributed by atoms with Crippen LogP contribution in [0.2, 0.25) is 0 Å². The molecule has 1 aromatic heterocycles. The number of amides is 1. The fraction of sp³-hybridized carbons (Fsp3) is 0.214. The lowest BCUT2D eigenvalue weighted by Crippen LogP contribution is -2.26. The predicted molar refractivity (Wildman–Crippen MR) is 75.2 cm³/mol. The van der Waals surface area contributed by atoms with E-state index in [0.717, 1.165) is 11.3 Å². The summed E-state index contributed by atoms with van der Waals surface area (Å²) >= 11 is 3.21. The van der Waals surface area contributed by atoms with E-state index in [1.54, 1.807) is 25.1 Å². The normalized spacial score (nSPS) is 10.3. The van der Waals surface area contributed by atoms with Crippen LogP contribution in [0.3, 0.4) is 0 Å². The predicted octanol–water partition coefficient (Wildman–Crippen LogP) is 3.32. The molecule has 2 aromatic rings. The smallest absolute Gasteiger partial charge is 0.258 e. The number of nitrogens with zero attached hydrogens (tertiary/aromatic N) is 1. The summed E-state index contributed by atoms with van der Waals surface area (Å²) in [6.07, 6.45) is 1.48. The number of hydrogen-bond donors (Lipinski definition) is 0. The monoisotopic (exact) mass is 323 g/mol. The second kappa shape index (κ2) is 5.93. The third-order valence-corrected chi connectivity index (χ3v) is 3.41. The van der Waals surface area contributed by atoms with Crippen LogP contribution in [-0.2, 0) is 6.54 Å². The average molecular weight is 324 g/mol. The summed E-state index contributed by atoms with van der Waals surface area (Å²) in [5, 5.41) is 0. The van der Waals surface area contributed by atoms with E-state index in [2.05, 4.69) is 15.9 Å². The van der Waals surface area contributed by atoms with E-state index in [4.69, 9.17) is 9.15 Å². The average Bonchev–Trinajstić information content (AvgIpc) is 2.84. The first-order valence-electron chi connectivity index (χ1n) is 5.74. The fourth-order valence-corrected chi connectivity index (χ4v) is 2.22. The summed E-state index contributed by atoms with van der Waals surface area (Å²) < 4.78 is 10.8. The molecule has 0 aliphatic carbocycles. The van der Waals surface area contributed by atoms with Gasteiger partial charge in [0.1, 0.15) is 5.75 Å². The molecule has 19 heavy (non-hydrogen) atoms. The Hall–Kier alpha value is -1.75. The number of hydrogen-bond acceptors (Lipinski definition) is 3. The molecule has 1 aromatic carbocycles. The van der Waals surface area contributed by atoms with Gasteiger partial charge in [-0.25, -0.2) is 0 Å². The van der Waals surface area contributed by atoms with E-state index in [1.165, 1.54) is 6.26 Å². The molecule has 0 saturated carbocycles. The van der Waals surface area contributed by atoms with Crippen molar-refractivity contribution in [1.29, 1.82) is 0 Å². The van der Waals surface area contributed by atoms with Crippen LogP contribution in [0.1, 0.15) is 15.9 Å². The molecule has 2 rings (SSSR count). The Bertz CT molecular complexity index is 580. The number of carbonyl (C=O) groups excluding carboxylic acids is 1. The highest BCUT2D eigenvalue weighted by atomic mass is 79.9. The van der Waals surface area contributed by atoms with Crippen molar-refractivity contribution in [2.24, 2.45) is 0 Å². The molecule has 0 spiro atoms. The van der Waals surface area contributed by atoms with Crippen LogP contribution in [0.5, 0.6) is 5.75 Å². The SMILES string of the molecule is COc1ccccc1CN(C)C(=O)c1ccoc1Br. The second-order valence-electron chi connectivity index (χ2n) is 4.08. The fourth-order valence-electron chi connectivity index (χ4n) is 1.81. The summed E-state index contributed by atoms with van der Waals surface area (Å²) in [4.78, 5) is 13.8. The van der Waals surface area contributed by atoms with E-state index in [1.807, 2.05) is 24.3 Å². The highest BCUT2D eigenvalue weighted by Crippen LogP contribution is 2.22. The van der Waals surface area contributed by atoms with Gasteiger partial charge < -0.3 is 14.1 Å². The topological polar surface area (TPSA) is 42.7 Å². The van der Waals surface area contributed by atoms with Crippen LogP contribution < -0.4 is 4.74 Å². The van der Waals surface area contributed by atoms with Gasteiger partial charge in [-0.15, -0.1) is 0 Å². The highest BCUT2D eigenvalue weighted by Gasteiger charge is 2.18. The molecule has 0 fully saturated rings. The molecular weight excluding hydrogens is 310 g/mol. The zero-order valence-electron chi connectivity index (χ0n) is 10.7. The molecule has 4 nitrogen and oxygen atoms in total. The van der Waals surface area contributed by atoms with Crippen molar-refractivity contribution >= 4 is 21.8 Å². The Balaban J connectivity index is 2.15. The molecule has 1 amide bonds. The lowest BCUT2D eigenvalue weighted by Gasteiger charge is -2.18. The number of benzene rings is 1. The maximum Gasteiger partial charge on any atom is 0.258 e. The van der Waals surface area contributed by atoms with Crippen molar-refractivity contribution in [1.82, 2.24) is 4.90 Å². The summed E-state index contributed by atoms with van der Waals surface area (Å²) in [5.41, 5.74) is 1.47. The number of halogens is 1. The molecule has 0 N–H and O–H groups in total. The first-order valence-corrected chi connectivity index (χ1v) is 6.53. The van der Waals surface area contributed by atoms with Gasteiger partial charge in [-0.1, -0.05) is 18.2 Å². The number of methoxy groups -OCH3 is 1. The lowest BCUT2D eigenvalue weighted by molar-refractivity contribution is 0.0782. The Morgan fingerprint density at radius 3 is 2.74 bits per heavy atom. The minimum atomic E-state index is -0.105. The molecule has 100 valence electrons. The third kappa shape index (κ3) is 2.98. The zero-order chi connectivity index (χ0) is 13.8. The van der Waals surface area contributed by atoms with E-state index in [9.17, 15) is 4.79 Å². The van der Waals surface area contributed by atoms with Crippen molar-refractivity contribution in [3.05, 3.63) is 52.4 Å². The molecule has 0 aliphatic rings. The number of carbonyl (C=O) groups is 1. The van der Waals surface area contributed by atoms with Crippen molar-refractivity contribution in [3.63, 3.8) is 0 Å². The number of ether oxygens (including phenoxy) is 1. The first-order chi connectivity index (χ1) is 9.13. The van der Waals surface area contributed by atoms with Crippen molar-refractivity contribution in [2.75, 3.05) is 14.2 Å². The molecule has 1 heterocycles. The van der Waals surface area contributed by atoms with Crippen LogP contribution in [0, 0.1) is 0 Å². The van der Waals surface area contributed by atoms with Gasteiger partial charge in [-0.3, -0.25) is 4.79 Å². The van der Waals surface area contributed by atoms with Gasteiger partial charge in [-0.2, -0.15) is 0 Å². The lowest BCUT2D eigenvalue weighted by atomic mass is 10.2. The van der Waals surface area contributed by atoms with Gasteiger partial charge in [0.2, 0.25) is 0 Å². The standard InChI is InChI=1S/C14H14BrNO3/c1-16(14(17)11-7-8-19-13(11)15)9-10-5-3-4-6-12(10)18-2/h3-8H,9H2,1-2H3.